The maximum absolute atomic E-state index is 12.2. The lowest BCUT2D eigenvalue weighted by molar-refractivity contribution is -0.137. The van der Waals surface area contributed by atoms with Gasteiger partial charge in [0.1, 0.15) is 0 Å². The van der Waals surface area contributed by atoms with E-state index in [1.807, 2.05) is 6.07 Å². The monoisotopic (exact) mass is 303 g/mol. The minimum atomic E-state index is -0.983. The largest absolute Gasteiger partial charge is 0.481 e. The highest BCUT2D eigenvalue weighted by Crippen LogP contribution is 2.20. The number of rotatable bonds is 5. The Morgan fingerprint density at radius 1 is 1.05 bits per heavy atom. The summed E-state index contributed by atoms with van der Waals surface area (Å²) in [5.41, 5.74) is 1.06. The van der Waals surface area contributed by atoms with Crippen molar-refractivity contribution in [2.75, 3.05) is 0 Å². The summed E-state index contributed by atoms with van der Waals surface area (Å²) >= 11 is 5.98. The summed E-state index contributed by atoms with van der Waals surface area (Å²) in [6, 6.07) is 15.0. The van der Waals surface area contributed by atoms with E-state index in [-0.39, 0.29) is 6.42 Å². The number of amides is 1. The summed E-state index contributed by atoms with van der Waals surface area (Å²) in [5, 5.41) is 12.1. The van der Waals surface area contributed by atoms with Crippen LogP contribution in [0.4, 0.5) is 0 Å². The van der Waals surface area contributed by atoms with Crippen LogP contribution in [0.25, 0.3) is 0 Å². The van der Waals surface area contributed by atoms with E-state index < -0.39 is 17.9 Å². The number of carbonyl (C=O) groups is 2. The van der Waals surface area contributed by atoms with Gasteiger partial charge in [-0.25, -0.2) is 0 Å². The van der Waals surface area contributed by atoms with Gasteiger partial charge in [0, 0.05) is 0 Å². The highest BCUT2D eigenvalue weighted by molar-refractivity contribution is 6.33. The second-order valence-electron chi connectivity index (χ2n) is 4.51. The van der Waals surface area contributed by atoms with Crippen LogP contribution in [0.15, 0.2) is 54.6 Å². The fourth-order valence-corrected chi connectivity index (χ4v) is 2.22. The third kappa shape index (κ3) is 4.07. The fraction of sp³-hybridized carbons (Fsp3) is 0.125. The standard InChI is InChI=1S/C16H14ClNO3/c17-13-9-5-4-8-12(13)16(21)18-14(10-15(19)20)11-6-2-1-3-7-11/h1-9,14H,10H2,(H,18,21)(H,19,20). The molecule has 0 radical (unpaired) electrons. The van der Waals surface area contributed by atoms with Crippen molar-refractivity contribution in [3.8, 4) is 0 Å². The van der Waals surface area contributed by atoms with Crippen molar-refractivity contribution in [2.45, 2.75) is 12.5 Å². The maximum atomic E-state index is 12.2. The van der Waals surface area contributed by atoms with Crippen LogP contribution in [-0.2, 0) is 4.79 Å². The minimum absolute atomic E-state index is 0.194. The van der Waals surface area contributed by atoms with Crippen LogP contribution >= 0.6 is 11.6 Å². The molecule has 5 heteroatoms. The van der Waals surface area contributed by atoms with E-state index in [1.54, 1.807) is 48.5 Å². The van der Waals surface area contributed by atoms with Gasteiger partial charge < -0.3 is 10.4 Å². The summed E-state index contributed by atoms with van der Waals surface area (Å²) in [4.78, 5) is 23.2. The van der Waals surface area contributed by atoms with Crippen molar-refractivity contribution in [2.24, 2.45) is 0 Å². The third-order valence-corrected chi connectivity index (χ3v) is 3.33. The van der Waals surface area contributed by atoms with Gasteiger partial charge in [-0.15, -0.1) is 0 Å². The Morgan fingerprint density at radius 3 is 2.29 bits per heavy atom. The van der Waals surface area contributed by atoms with Gasteiger partial charge in [-0.05, 0) is 17.7 Å². The molecule has 0 aliphatic carbocycles. The number of hydrogen-bond donors (Lipinski definition) is 2. The first-order valence-electron chi connectivity index (χ1n) is 6.40. The number of carboxylic acids is 1. The highest BCUT2D eigenvalue weighted by atomic mass is 35.5. The topological polar surface area (TPSA) is 66.4 Å². The molecule has 0 spiro atoms. The molecule has 1 atom stereocenters. The Hall–Kier alpha value is -2.33. The zero-order valence-electron chi connectivity index (χ0n) is 11.1. The van der Waals surface area contributed by atoms with Crippen LogP contribution in [0, 0.1) is 0 Å². The Bertz CT molecular complexity index is 643. The quantitative estimate of drug-likeness (QED) is 0.890. The summed E-state index contributed by atoms with van der Waals surface area (Å²) in [7, 11) is 0. The van der Waals surface area contributed by atoms with Crippen LogP contribution in [0.5, 0.6) is 0 Å². The van der Waals surface area contributed by atoms with Gasteiger partial charge in [0.15, 0.2) is 0 Å². The zero-order valence-corrected chi connectivity index (χ0v) is 11.9. The first kappa shape index (κ1) is 15.1. The molecule has 2 aromatic rings. The summed E-state index contributed by atoms with van der Waals surface area (Å²) in [6.07, 6.45) is -0.194. The number of benzene rings is 2. The van der Waals surface area contributed by atoms with E-state index >= 15 is 0 Å². The first-order chi connectivity index (χ1) is 10.1. The molecular weight excluding hydrogens is 290 g/mol. The SMILES string of the molecule is O=C(O)CC(NC(=O)c1ccccc1Cl)c1ccccc1. The molecule has 0 fully saturated rings. The van der Waals surface area contributed by atoms with Gasteiger partial charge in [0.25, 0.3) is 5.91 Å². The number of nitrogens with one attached hydrogen (secondary N) is 1. The van der Waals surface area contributed by atoms with Crippen molar-refractivity contribution in [1.29, 1.82) is 0 Å². The maximum Gasteiger partial charge on any atom is 0.305 e. The fourth-order valence-electron chi connectivity index (χ4n) is 1.99. The van der Waals surface area contributed by atoms with Crippen molar-refractivity contribution in [3.05, 3.63) is 70.7 Å². The molecule has 0 saturated carbocycles. The second kappa shape index (κ2) is 6.90. The smallest absolute Gasteiger partial charge is 0.305 e. The molecule has 2 N–H and O–H groups in total. The molecule has 108 valence electrons. The second-order valence-corrected chi connectivity index (χ2v) is 4.92. The van der Waals surface area contributed by atoms with Gasteiger partial charge in [0.2, 0.25) is 0 Å². The molecule has 21 heavy (non-hydrogen) atoms. The van der Waals surface area contributed by atoms with Gasteiger partial charge in [-0.2, -0.15) is 0 Å². The lowest BCUT2D eigenvalue weighted by atomic mass is 10.0. The Labute approximate surface area is 127 Å². The Morgan fingerprint density at radius 2 is 1.67 bits per heavy atom. The van der Waals surface area contributed by atoms with Crippen molar-refractivity contribution in [1.82, 2.24) is 5.32 Å². The molecule has 2 rings (SSSR count). The van der Waals surface area contributed by atoms with Gasteiger partial charge in [0.05, 0.1) is 23.0 Å². The van der Waals surface area contributed by atoms with E-state index in [1.165, 1.54) is 0 Å². The number of halogens is 1. The number of aliphatic carboxylic acids is 1. The van der Waals surface area contributed by atoms with E-state index in [2.05, 4.69) is 5.32 Å². The lowest BCUT2D eigenvalue weighted by Crippen LogP contribution is -2.30. The molecule has 0 bridgehead atoms. The van der Waals surface area contributed by atoms with Crippen LogP contribution in [-0.4, -0.2) is 17.0 Å². The van der Waals surface area contributed by atoms with Crippen LogP contribution in [0.2, 0.25) is 5.02 Å². The molecule has 0 aliphatic rings. The summed E-state index contributed by atoms with van der Waals surface area (Å²) in [5.74, 6) is -1.38. The van der Waals surface area contributed by atoms with Crippen LogP contribution in [0.3, 0.4) is 0 Å². The molecule has 1 amide bonds. The van der Waals surface area contributed by atoms with Crippen LogP contribution < -0.4 is 5.32 Å². The zero-order chi connectivity index (χ0) is 15.2. The van der Waals surface area contributed by atoms with Gasteiger partial charge >= 0.3 is 5.97 Å². The first-order valence-corrected chi connectivity index (χ1v) is 6.78. The lowest BCUT2D eigenvalue weighted by Gasteiger charge is -2.17. The summed E-state index contributed by atoms with van der Waals surface area (Å²) in [6.45, 7) is 0. The normalized spacial score (nSPS) is 11.7. The van der Waals surface area contributed by atoms with Gasteiger partial charge in [-0.3, -0.25) is 9.59 Å². The predicted molar refractivity (Wildman–Crippen MR) is 80.4 cm³/mol. The highest BCUT2D eigenvalue weighted by Gasteiger charge is 2.19. The third-order valence-electron chi connectivity index (χ3n) is 3.00. The number of carboxylic acid groups (broad SMARTS) is 1. The van der Waals surface area contributed by atoms with Gasteiger partial charge in [-0.1, -0.05) is 54.1 Å². The molecule has 4 nitrogen and oxygen atoms in total. The number of hydrogen-bond acceptors (Lipinski definition) is 2. The predicted octanol–water partition coefficient (Wildman–Crippen LogP) is 3.29. The summed E-state index contributed by atoms with van der Waals surface area (Å²) < 4.78 is 0. The molecule has 0 aliphatic heterocycles. The molecule has 0 heterocycles. The minimum Gasteiger partial charge on any atom is -0.481 e. The average Bonchev–Trinajstić information content (AvgIpc) is 2.47. The van der Waals surface area contributed by atoms with Crippen LogP contribution in [0.1, 0.15) is 28.4 Å². The Balaban J connectivity index is 2.21. The molecule has 2 aromatic carbocycles. The van der Waals surface area contributed by atoms with Crippen molar-refractivity contribution < 1.29 is 14.7 Å². The molecule has 0 aromatic heterocycles. The Kier molecular flexibility index (Phi) is 4.95. The van der Waals surface area contributed by atoms with E-state index in [4.69, 9.17) is 16.7 Å². The van der Waals surface area contributed by atoms with Crippen molar-refractivity contribution in [3.63, 3.8) is 0 Å². The average molecular weight is 304 g/mol. The van der Waals surface area contributed by atoms with E-state index in [0.717, 1.165) is 5.56 Å². The molecule has 0 saturated heterocycles. The van der Waals surface area contributed by atoms with E-state index in [0.29, 0.717) is 10.6 Å². The number of carbonyl (C=O) groups excluding carboxylic acids is 1. The molecular formula is C16H14ClNO3. The van der Waals surface area contributed by atoms with E-state index in [9.17, 15) is 9.59 Å². The van der Waals surface area contributed by atoms with Crippen molar-refractivity contribution >= 4 is 23.5 Å². The molecule has 1 unspecified atom stereocenters.